The lowest BCUT2D eigenvalue weighted by Crippen LogP contribution is -2.57. The van der Waals surface area contributed by atoms with Gasteiger partial charge in [0.1, 0.15) is 12.1 Å². The van der Waals surface area contributed by atoms with E-state index in [1.54, 1.807) is 0 Å². The first-order chi connectivity index (χ1) is 20.0. The van der Waals surface area contributed by atoms with Crippen molar-refractivity contribution in [2.24, 2.45) is 11.5 Å². The maximum absolute atomic E-state index is 13.3. The topological polar surface area (TPSA) is 216 Å². The fourth-order valence-electron chi connectivity index (χ4n) is 4.31. The third kappa shape index (κ3) is 11.7. The Morgan fingerprint density at radius 3 is 2.26 bits per heavy atom. The van der Waals surface area contributed by atoms with Gasteiger partial charge >= 0.3 is 12.2 Å². The molecule has 0 fully saturated rings. The molecular weight excluding hydrogens is 563 g/mol. The number of carbonyl (C=O) groups is 5. The lowest BCUT2D eigenvalue weighted by Gasteiger charge is -2.25. The molecule has 14 nitrogen and oxygen atoms in total. The van der Waals surface area contributed by atoms with Crippen LogP contribution in [0.5, 0.6) is 0 Å². The Bertz CT molecular complexity index is 1070. The van der Waals surface area contributed by atoms with Crippen molar-refractivity contribution in [3.05, 3.63) is 11.9 Å². The number of carbonyl (C=O) groups excluding carboxylic acids is 5. The minimum atomic E-state index is -5.20. The van der Waals surface area contributed by atoms with Gasteiger partial charge in [-0.2, -0.15) is 17.9 Å². The van der Waals surface area contributed by atoms with E-state index in [4.69, 9.17) is 11.5 Å². The molecule has 2 bridgehead atoms. The van der Waals surface area contributed by atoms with Crippen LogP contribution in [-0.4, -0.2) is 88.5 Å². The highest BCUT2D eigenvalue weighted by molar-refractivity contribution is 5.96. The van der Waals surface area contributed by atoms with Crippen molar-refractivity contribution in [1.29, 1.82) is 0 Å². The van der Waals surface area contributed by atoms with Crippen LogP contribution in [0.1, 0.15) is 69.9 Å². The number of rotatable bonds is 8. The zero-order valence-corrected chi connectivity index (χ0v) is 23.4. The Morgan fingerprint density at radius 1 is 0.905 bits per heavy atom. The van der Waals surface area contributed by atoms with E-state index in [0.717, 1.165) is 4.68 Å². The zero-order valence-electron chi connectivity index (χ0n) is 23.4. The van der Waals surface area contributed by atoms with Gasteiger partial charge in [-0.3, -0.25) is 19.2 Å². The molecule has 0 spiro atoms. The molecule has 1 aliphatic heterocycles. The fourth-order valence-corrected chi connectivity index (χ4v) is 4.31. The number of alkyl halides is 3. The zero-order chi connectivity index (χ0) is 31.1. The molecule has 0 unspecified atom stereocenters. The van der Waals surface area contributed by atoms with Crippen molar-refractivity contribution in [1.82, 2.24) is 36.3 Å². The summed E-state index contributed by atoms with van der Waals surface area (Å²) in [6.07, 6.45) is -1.56. The van der Waals surface area contributed by atoms with Gasteiger partial charge in [-0.1, -0.05) is 5.21 Å². The highest BCUT2D eigenvalue weighted by atomic mass is 19.4. The number of halogens is 3. The van der Waals surface area contributed by atoms with Crippen molar-refractivity contribution in [3.63, 3.8) is 0 Å². The summed E-state index contributed by atoms with van der Waals surface area (Å²) in [6.45, 7) is 0.626. The summed E-state index contributed by atoms with van der Waals surface area (Å²) < 4.78 is 40.9. The van der Waals surface area contributed by atoms with Crippen LogP contribution >= 0.6 is 0 Å². The van der Waals surface area contributed by atoms with E-state index in [0.29, 0.717) is 37.9 Å². The number of unbranched alkanes of at least 4 members (excludes halogenated alkanes) is 1. The fraction of sp³-hybridized carbons (Fsp3) is 0.720. The highest BCUT2D eigenvalue weighted by Gasteiger charge is 2.44. The van der Waals surface area contributed by atoms with Gasteiger partial charge in [0.05, 0.1) is 17.9 Å². The first kappa shape index (κ1) is 34.6. The molecule has 8 N–H and O–H groups in total. The molecular formula is C25H40F3N9O5. The molecule has 42 heavy (non-hydrogen) atoms. The van der Waals surface area contributed by atoms with Gasteiger partial charge in [-0.15, -0.1) is 5.10 Å². The highest BCUT2D eigenvalue weighted by Crippen LogP contribution is 2.20. The molecule has 3 atom stereocenters. The van der Waals surface area contributed by atoms with Crippen molar-refractivity contribution in [2.75, 3.05) is 19.6 Å². The van der Waals surface area contributed by atoms with Crippen LogP contribution in [0.15, 0.2) is 6.20 Å². The van der Waals surface area contributed by atoms with Crippen LogP contribution in [0.2, 0.25) is 0 Å². The number of nitrogens with two attached hydrogens (primary N) is 2. The average molecular weight is 604 g/mol. The number of ketones is 1. The molecule has 1 aromatic heterocycles. The molecule has 0 saturated heterocycles. The first-order valence-electron chi connectivity index (χ1n) is 14.1. The summed E-state index contributed by atoms with van der Waals surface area (Å²) in [4.78, 5) is 63.5. The van der Waals surface area contributed by atoms with E-state index in [-0.39, 0.29) is 63.9 Å². The summed E-state index contributed by atoms with van der Waals surface area (Å²) in [5.74, 6) is -4.16. The second-order valence-electron chi connectivity index (χ2n) is 10.1. The SMILES string of the molecule is NCCCC[C@@H]1NC(=O)n2cc(nn2)CCCC(=O)NCCCC[C@@H](C(=O)C(F)(F)F)NC(=O)[C@H](CCCN)NC1=O. The van der Waals surface area contributed by atoms with E-state index in [1.165, 1.54) is 6.20 Å². The molecule has 1 aromatic rings. The molecule has 0 aliphatic carbocycles. The van der Waals surface area contributed by atoms with Crippen molar-refractivity contribution in [2.45, 2.75) is 94.9 Å². The van der Waals surface area contributed by atoms with Crippen molar-refractivity contribution >= 4 is 29.5 Å². The number of aromatic nitrogens is 3. The second-order valence-corrected chi connectivity index (χ2v) is 10.1. The number of hydrogen-bond donors (Lipinski definition) is 6. The molecule has 17 heteroatoms. The first-order valence-corrected chi connectivity index (χ1v) is 14.1. The minimum Gasteiger partial charge on any atom is -0.356 e. The number of nitrogens with zero attached hydrogens (tertiary/aromatic N) is 3. The Hall–Kier alpha value is -3.60. The third-order valence-electron chi connectivity index (χ3n) is 6.63. The lowest BCUT2D eigenvalue weighted by molar-refractivity contribution is -0.174. The summed E-state index contributed by atoms with van der Waals surface area (Å²) in [7, 11) is 0. The van der Waals surface area contributed by atoms with Crippen LogP contribution in [0, 0.1) is 0 Å². The van der Waals surface area contributed by atoms with Gasteiger partial charge in [-0.25, -0.2) is 4.79 Å². The average Bonchev–Trinajstić information content (AvgIpc) is 3.41. The summed E-state index contributed by atoms with van der Waals surface area (Å²) >= 11 is 0. The van der Waals surface area contributed by atoms with Crippen molar-refractivity contribution in [3.8, 4) is 0 Å². The smallest absolute Gasteiger partial charge is 0.356 e. The largest absolute Gasteiger partial charge is 0.452 e. The molecule has 236 valence electrons. The van der Waals surface area contributed by atoms with E-state index in [9.17, 15) is 37.1 Å². The Morgan fingerprint density at radius 2 is 1.57 bits per heavy atom. The third-order valence-corrected chi connectivity index (χ3v) is 6.63. The van der Waals surface area contributed by atoms with Crippen LogP contribution in [0.3, 0.4) is 0 Å². The predicted molar refractivity (Wildman–Crippen MR) is 144 cm³/mol. The number of fused-ring (bicyclic) bond motifs is 2. The number of amides is 4. The Labute approximate surface area is 241 Å². The quantitative estimate of drug-likeness (QED) is 0.217. The summed E-state index contributed by atoms with van der Waals surface area (Å²) in [5, 5.41) is 17.5. The van der Waals surface area contributed by atoms with Crippen LogP contribution in [0.4, 0.5) is 18.0 Å². The minimum absolute atomic E-state index is 0.0249. The van der Waals surface area contributed by atoms with Crippen LogP contribution < -0.4 is 32.7 Å². The van der Waals surface area contributed by atoms with Gasteiger partial charge in [0, 0.05) is 13.0 Å². The maximum atomic E-state index is 13.3. The number of nitrogens with one attached hydrogen (secondary N) is 4. The monoisotopic (exact) mass is 603 g/mol. The predicted octanol–water partition coefficient (Wildman–Crippen LogP) is -0.204. The van der Waals surface area contributed by atoms with E-state index >= 15 is 0 Å². The Kier molecular flexibility index (Phi) is 14.3. The van der Waals surface area contributed by atoms with E-state index < -0.39 is 47.9 Å². The lowest BCUT2D eigenvalue weighted by atomic mass is 10.0. The molecule has 1 aliphatic rings. The van der Waals surface area contributed by atoms with Gasteiger partial charge in [-0.05, 0) is 77.3 Å². The maximum Gasteiger partial charge on any atom is 0.452 e. The number of Topliss-reactive ketones (excluding diaryl/α,β-unsaturated/α-hetero) is 1. The second kappa shape index (κ2) is 17.4. The molecule has 2 rings (SSSR count). The molecule has 0 aromatic carbocycles. The van der Waals surface area contributed by atoms with E-state index in [1.807, 2.05) is 0 Å². The normalized spacial score (nSPS) is 22.3. The standard InChI is InChI=1S/C25H40F3N9O5/c26-25(27,28)21(39)17-8-2-4-14-31-20(38)11-5-7-16-15-37(36-35-16)24(42)34-19(9-1-3-12-29)23(41)33-18(10-6-13-30)22(40)32-17/h15,17-19H,1-14,29-30H2,(H,31,38)(H,32,40)(H,33,41)(H,34,42)/t17-,18-,19-/m0/s1. The number of aryl methyl sites for hydroxylation is 1. The van der Waals surface area contributed by atoms with Gasteiger partial charge in [0.25, 0.3) is 5.78 Å². The number of hydrogen-bond acceptors (Lipinski definition) is 9. The molecule has 4 amide bonds. The van der Waals surface area contributed by atoms with Gasteiger partial charge < -0.3 is 32.7 Å². The Balaban J connectivity index is 2.33. The molecule has 2 heterocycles. The summed E-state index contributed by atoms with van der Waals surface area (Å²) in [6, 6.07) is -5.13. The van der Waals surface area contributed by atoms with Crippen molar-refractivity contribution < 1.29 is 37.1 Å². The van der Waals surface area contributed by atoms with Gasteiger partial charge in [0.2, 0.25) is 17.7 Å². The van der Waals surface area contributed by atoms with E-state index in [2.05, 4.69) is 31.6 Å². The van der Waals surface area contributed by atoms with Crippen LogP contribution in [-0.2, 0) is 25.6 Å². The summed E-state index contributed by atoms with van der Waals surface area (Å²) in [5.41, 5.74) is 11.6. The van der Waals surface area contributed by atoms with Crippen LogP contribution in [0.25, 0.3) is 0 Å². The molecule has 0 saturated carbocycles. The molecule has 0 radical (unpaired) electrons. The van der Waals surface area contributed by atoms with Gasteiger partial charge in [0.15, 0.2) is 0 Å².